The van der Waals surface area contributed by atoms with Gasteiger partial charge < -0.3 is 9.47 Å². The molecule has 1 heterocycles. The number of carbonyl (C=O) groups excluding carboxylic acids is 3. The molecule has 1 aliphatic carbocycles. The Bertz CT molecular complexity index is 406. The van der Waals surface area contributed by atoms with Crippen molar-refractivity contribution in [3.8, 4) is 0 Å². The van der Waals surface area contributed by atoms with Gasteiger partial charge in [-0.3, -0.25) is 14.9 Å². The van der Waals surface area contributed by atoms with Crippen molar-refractivity contribution >= 4 is 28.9 Å². The van der Waals surface area contributed by atoms with Gasteiger partial charge in [0.05, 0.1) is 18.0 Å². The van der Waals surface area contributed by atoms with Crippen LogP contribution < -0.4 is 5.32 Å². The first-order chi connectivity index (χ1) is 10.1. The van der Waals surface area contributed by atoms with Gasteiger partial charge in [-0.25, -0.2) is 4.79 Å². The van der Waals surface area contributed by atoms with E-state index in [2.05, 4.69) is 5.32 Å². The van der Waals surface area contributed by atoms with Gasteiger partial charge in [-0.1, -0.05) is 11.8 Å². The van der Waals surface area contributed by atoms with Crippen LogP contribution in [-0.2, 0) is 19.1 Å². The van der Waals surface area contributed by atoms with E-state index in [-0.39, 0.29) is 35.1 Å². The first-order valence-electron chi connectivity index (χ1n) is 7.37. The molecule has 2 aliphatic rings. The van der Waals surface area contributed by atoms with Gasteiger partial charge in [0.2, 0.25) is 5.91 Å². The van der Waals surface area contributed by atoms with Crippen molar-refractivity contribution in [2.45, 2.75) is 50.4 Å². The fourth-order valence-electron chi connectivity index (χ4n) is 2.77. The molecule has 0 aromatic rings. The molecule has 2 amide bonds. The zero-order chi connectivity index (χ0) is 15.2. The second-order valence-corrected chi connectivity index (χ2v) is 6.55. The second-order valence-electron chi connectivity index (χ2n) is 5.38. The normalized spacial score (nSPS) is 29.3. The lowest BCUT2D eigenvalue weighted by molar-refractivity contribution is -0.151. The number of nitrogens with one attached hydrogen (secondary N) is 1. The summed E-state index contributed by atoms with van der Waals surface area (Å²) in [6.07, 6.45) is 4.54. The summed E-state index contributed by atoms with van der Waals surface area (Å²) < 4.78 is 10.4. The van der Waals surface area contributed by atoms with Crippen molar-refractivity contribution in [2.75, 3.05) is 13.2 Å². The molecule has 0 bridgehead atoms. The molecule has 1 aliphatic heterocycles. The van der Waals surface area contributed by atoms with Gasteiger partial charge in [0.25, 0.3) is 5.24 Å². The Hall–Kier alpha value is -1.08. The van der Waals surface area contributed by atoms with Crippen LogP contribution in [-0.4, -0.2) is 41.7 Å². The van der Waals surface area contributed by atoms with Gasteiger partial charge in [-0.05, 0) is 44.9 Å². The second kappa shape index (κ2) is 7.79. The van der Waals surface area contributed by atoms with E-state index in [0.717, 1.165) is 43.9 Å². The number of imide groups is 1. The largest absolute Gasteiger partial charge is 0.464 e. The maximum absolute atomic E-state index is 11.5. The minimum Gasteiger partial charge on any atom is -0.464 e. The van der Waals surface area contributed by atoms with Gasteiger partial charge in [0.15, 0.2) is 0 Å². The third-order valence-corrected chi connectivity index (χ3v) is 4.86. The van der Waals surface area contributed by atoms with E-state index in [9.17, 15) is 14.4 Å². The number of hydrogen-bond donors (Lipinski definition) is 1. The molecule has 0 radical (unpaired) electrons. The van der Waals surface area contributed by atoms with Gasteiger partial charge in [-0.15, -0.1) is 0 Å². The highest BCUT2D eigenvalue weighted by Gasteiger charge is 2.34. The average molecular weight is 315 g/mol. The van der Waals surface area contributed by atoms with Crippen LogP contribution in [0.5, 0.6) is 0 Å². The third-order valence-electron chi connectivity index (χ3n) is 3.85. The highest BCUT2D eigenvalue weighted by atomic mass is 32.2. The van der Waals surface area contributed by atoms with Crippen LogP contribution in [0.3, 0.4) is 0 Å². The molecule has 21 heavy (non-hydrogen) atoms. The van der Waals surface area contributed by atoms with Crippen molar-refractivity contribution < 1.29 is 23.9 Å². The Kier molecular flexibility index (Phi) is 6.05. The molecule has 1 atom stereocenters. The number of amides is 2. The molecule has 0 aromatic carbocycles. The summed E-state index contributed by atoms with van der Waals surface area (Å²) in [4.78, 5) is 33.9. The fourth-order valence-corrected chi connectivity index (χ4v) is 3.73. The third kappa shape index (κ3) is 5.00. The van der Waals surface area contributed by atoms with E-state index in [1.807, 2.05) is 0 Å². The summed E-state index contributed by atoms with van der Waals surface area (Å²) in [6, 6.07) is 0. The molecule has 1 unspecified atom stereocenters. The fraction of sp³-hybridized carbons (Fsp3) is 0.786. The van der Waals surface area contributed by atoms with Crippen LogP contribution >= 0.6 is 11.8 Å². The van der Waals surface area contributed by atoms with Gasteiger partial charge in [0.1, 0.15) is 6.61 Å². The summed E-state index contributed by atoms with van der Waals surface area (Å²) in [5.41, 5.74) is 0. The minimum absolute atomic E-state index is 0.0125. The van der Waals surface area contributed by atoms with Crippen LogP contribution in [0, 0.1) is 5.92 Å². The number of rotatable bonds is 6. The molecule has 2 rings (SSSR count). The number of hydrogen-bond acceptors (Lipinski definition) is 6. The highest BCUT2D eigenvalue weighted by molar-refractivity contribution is 8.15. The molecule has 1 N–H and O–H groups in total. The van der Waals surface area contributed by atoms with E-state index in [0.29, 0.717) is 12.5 Å². The summed E-state index contributed by atoms with van der Waals surface area (Å²) >= 11 is 1.10. The Morgan fingerprint density at radius 2 is 2.00 bits per heavy atom. The summed E-state index contributed by atoms with van der Waals surface area (Å²) in [7, 11) is 0. The molecule has 7 heteroatoms. The predicted molar refractivity (Wildman–Crippen MR) is 77.9 cm³/mol. The highest BCUT2D eigenvalue weighted by Crippen LogP contribution is 2.34. The molecular formula is C14H21NO5S. The maximum atomic E-state index is 11.5. The molecule has 6 nitrogen and oxygen atoms in total. The molecule has 118 valence electrons. The standard InChI is InChI=1S/C14H21NO5S/c1-2-19-12(16)8-20-10-5-3-9(4-6-10)7-11-13(17)15-14(18)21-11/h9-11H,2-8H2,1H3,(H,15,17,18). The van der Waals surface area contributed by atoms with Crippen LogP contribution in [0.1, 0.15) is 39.0 Å². The first kappa shape index (κ1) is 16.3. The van der Waals surface area contributed by atoms with E-state index < -0.39 is 0 Å². The molecule has 1 saturated carbocycles. The average Bonchev–Trinajstić information content (AvgIpc) is 2.76. The van der Waals surface area contributed by atoms with Crippen molar-refractivity contribution in [3.63, 3.8) is 0 Å². The monoisotopic (exact) mass is 315 g/mol. The van der Waals surface area contributed by atoms with Crippen LogP contribution in [0.25, 0.3) is 0 Å². The summed E-state index contributed by atoms with van der Waals surface area (Å²) in [5.74, 6) is -0.0376. The Balaban J connectivity index is 1.65. The lowest BCUT2D eigenvalue weighted by Gasteiger charge is -2.29. The Labute approximate surface area is 128 Å². The van der Waals surface area contributed by atoms with E-state index in [4.69, 9.17) is 9.47 Å². The minimum atomic E-state index is -0.322. The quantitative estimate of drug-likeness (QED) is 0.754. The van der Waals surface area contributed by atoms with Crippen molar-refractivity contribution in [1.29, 1.82) is 0 Å². The predicted octanol–water partition coefficient (Wildman–Crippen LogP) is 1.87. The molecule has 0 aromatic heterocycles. The van der Waals surface area contributed by atoms with E-state index >= 15 is 0 Å². The number of thioether (sulfide) groups is 1. The van der Waals surface area contributed by atoms with Crippen molar-refractivity contribution in [2.24, 2.45) is 5.92 Å². The van der Waals surface area contributed by atoms with Gasteiger partial charge >= 0.3 is 5.97 Å². The number of carbonyl (C=O) groups is 3. The Morgan fingerprint density at radius 1 is 1.29 bits per heavy atom. The Morgan fingerprint density at radius 3 is 2.57 bits per heavy atom. The molecular weight excluding hydrogens is 294 g/mol. The maximum Gasteiger partial charge on any atom is 0.332 e. The summed E-state index contributed by atoms with van der Waals surface area (Å²) in [5, 5.41) is 1.84. The topological polar surface area (TPSA) is 81.7 Å². The van der Waals surface area contributed by atoms with Crippen molar-refractivity contribution in [1.82, 2.24) is 5.32 Å². The summed E-state index contributed by atoms with van der Waals surface area (Å²) in [6.45, 7) is 2.15. The molecule has 0 spiro atoms. The van der Waals surface area contributed by atoms with Crippen LogP contribution in [0.15, 0.2) is 0 Å². The van der Waals surface area contributed by atoms with Crippen LogP contribution in [0.4, 0.5) is 4.79 Å². The van der Waals surface area contributed by atoms with Gasteiger partial charge in [0, 0.05) is 0 Å². The van der Waals surface area contributed by atoms with Crippen LogP contribution in [0.2, 0.25) is 0 Å². The molecule has 2 fully saturated rings. The smallest absolute Gasteiger partial charge is 0.332 e. The SMILES string of the molecule is CCOC(=O)COC1CCC(CC2SC(=O)NC2=O)CC1. The lowest BCUT2D eigenvalue weighted by Crippen LogP contribution is -2.29. The van der Waals surface area contributed by atoms with E-state index in [1.165, 1.54) is 0 Å². The number of esters is 1. The zero-order valence-electron chi connectivity index (χ0n) is 12.1. The van der Waals surface area contributed by atoms with Gasteiger partial charge in [-0.2, -0.15) is 0 Å². The van der Waals surface area contributed by atoms with Crippen molar-refractivity contribution in [3.05, 3.63) is 0 Å². The number of ether oxygens (including phenoxy) is 2. The lowest BCUT2D eigenvalue weighted by atomic mass is 9.84. The molecule has 1 saturated heterocycles. The first-order valence-corrected chi connectivity index (χ1v) is 8.25. The van der Waals surface area contributed by atoms with E-state index in [1.54, 1.807) is 6.92 Å². The zero-order valence-corrected chi connectivity index (χ0v) is 12.9.